The van der Waals surface area contributed by atoms with Gasteiger partial charge in [-0.25, -0.2) is 9.78 Å². The van der Waals surface area contributed by atoms with Crippen LogP contribution in [0.15, 0.2) is 9.53 Å². The van der Waals surface area contributed by atoms with Gasteiger partial charge in [-0.2, -0.15) is 9.50 Å². The molecule has 2 aromatic heterocycles. The molecule has 28 heavy (non-hydrogen) atoms. The molecular weight excluding hydrogens is 428 g/mol. The minimum atomic E-state index is -0.523. The fourth-order valence-electron chi connectivity index (χ4n) is 4.02. The highest BCUT2D eigenvalue weighted by atomic mass is 79.9. The quantitative estimate of drug-likeness (QED) is 0.750. The van der Waals surface area contributed by atoms with E-state index in [4.69, 9.17) is 4.74 Å². The molecule has 1 saturated carbocycles. The number of anilines is 1. The smallest absolute Gasteiger partial charge is 0.410 e. The van der Waals surface area contributed by atoms with E-state index in [1.807, 2.05) is 32.6 Å². The van der Waals surface area contributed by atoms with Crippen molar-refractivity contribution in [1.82, 2.24) is 24.5 Å². The standard InChI is InChI=1S/C18H25BrN6O3/c1-5-10-13(14(26)25-16(20-10)21-15(19)22-25)23-8-9-24(12-7-6-11(12)23)17(27)28-18(2,3)4/h11-12H,5-9H2,1-4H3,(H,20,21,22)/t11-,12-/m1/s1. The van der Waals surface area contributed by atoms with E-state index in [9.17, 15) is 9.59 Å². The van der Waals surface area contributed by atoms with E-state index in [2.05, 4.69) is 35.9 Å². The van der Waals surface area contributed by atoms with Crippen molar-refractivity contribution in [2.45, 2.75) is 64.6 Å². The van der Waals surface area contributed by atoms with E-state index in [-0.39, 0.29) is 23.7 Å². The monoisotopic (exact) mass is 452 g/mol. The predicted molar refractivity (Wildman–Crippen MR) is 108 cm³/mol. The van der Waals surface area contributed by atoms with Gasteiger partial charge in [-0.05, 0) is 56.0 Å². The SMILES string of the molecule is CCc1nc2nc(Br)[nH]n2c(=O)c1N1CCN(C(=O)OC(C)(C)C)[C@@H]2CC[C@H]21. The molecule has 1 aliphatic carbocycles. The van der Waals surface area contributed by atoms with Crippen LogP contribution in [-0.2, 0) is 11.2 Å². The number of nitrogens with one attached hydrogen (secondary N) is 1. The molecule has 0 aromatic carbocycles. The van der Waals surface area contributed by atoms with E-state index in [0.29, 0.717) is 35.7 Å². The van der Waals surface area contributed by atoms with E-state index >= 15 is 0 Å². The Morgan fingerprint density at radius 3 is 2.57 bits per heavy atom. The Morgan fingerprint density at radius 2 is 1.96 bits per heavy atom. The third-order valence-electron chi connectivity index (χ3n) is 5.35. The summed E-state index contributed by atoms with van der Waals surface area (Å²) >= 11 is 3.27. The summed E-state index contributed by atoms with van der Waals surface area (Å²) in [5.74, 6) is 0.357. The number of aryl methyl sites for hydroxylation is 1. The summed E-state index contributed by atoms with van der Waals surface area (Å²) in [5.41, 5.74) is 0.663. The molecule has 2 atom stereocenters. The molecule has 10 heteroatoms. The summed E-state index contributed by atoms with van der Waals surface area (Å²) in [7, 11) is 0. The lowest BCUT2D eigenvalue weighted by Crippen LogP contribution is -2.67. The van der Waals surface area contributed by atoms with Gasteiger partial charge < -0.3 is 14.5 Å². The number of fused-ring (bicyclic) bond motifs is 2. The van der Waals surface area contributed by atoms with Crippen molar-refractivity contribution < 1.29 is 9.53 Å². The number of amides is 1. The van der Waals surface area contributed by atoms with Crippen LogP contribution in [0.1, 0.15) is 46.2 Å². The number of halogens is 1. The average molecular weight is 453 g/mol. The van der Waals surface area contributed by atoms with Crippen molar-refractivity contribution in [2.75, 3.05) is 18.0 Å². The molecule has 1 aliphatic heterocycles. The van der Waals surface area contributed by atoms with Gasteiger partial charge in [-0.15, -0.1) is 0 Å². The number of rotatable bonds is 2. The maximum absolute atomic E-state index is 13.2. The van der Waals surface area contributed by atoms with Gasteiger partial charge in [0.25, 0.3) is 11.3 Å². The fraction of sp³-hybridized carbons (Fsp3) is 0.667. The molecule has 0 spiro atoms. The summed E-state index contributed by atoms with van der Waals surface area (Å²) < 4.78 is 7.40. The second kappa shape index (κ2) is 6.75. The highest BCUT2D eigenvalue weighted by Gasteiger charge is 2.47. The second-order valence-electron chi connectivity index (χ2n) is 8.29. The molecule has 4 rings (SSSR count). The molecule has 2 fully saturated rings. The fourth-order valence-corrected chi connectivity index (χ4v) is 4.36. The largest absolute Gasteiger partial charge is 0.444 e. The third-order valence-corrected chi connectivity index (χ3v) is 5.71. The number of aromatic nitrogens is 4. The Labute approximate surface area is 171 Å². The third kappa shape index (κ3) is 3.17. The summed E-state index contributed by atoms with van der Waals surface area (Å²) in [6.45, 7) is 8.70. The van der Waals surface area contributed by atoms with Gasteiger partial charge in [-0.3, -0.25) is 9.89 Å². The first-order valence-electron chi connectivity index (χ1n) is 9.63. The number of hydrogen-bond acceptors (Lipinski definition) is 6. The molecule has 2 aliphatic rings. The number of piperazine rings is 1. The van der Waals surface area contributed by atoms with Crippen LogP contribution in [-0.4, -0.2) is 61.3 Å². The Kier molecular flexibility index (Phi) is 4.64. The normalized spacial score (nSPS) is 22.2. The van der Waals surface area contributed by atoms with Gasteiger partial charge in [0.1, 0.15) is 11.3 Å². The van der Waals surface area contributed by atoms with Crippen LogP contribution in [0.3, 0.4) is 0 Å². The first-order valence-corrected chi connectivity index (χ1v) is 10.4. The number of carbonyl (C=O) groups excluding carboxylic acids is 1. The van der Waals surface area contributed by atoms with E-state index < -0.39 is 5.60 Å². The number of H-pyrrole nitrogens is 1. The predicted octanol–water partition coefficient (Wildman–Crippen LogP) is 2.33. The number of aromatic amines is 1. The van der Waals surface area contributed by atoms with E-state index in [1.54, 1.807) is 0 Å². The maximum Gasteiger partial charge on any atom is 0.410 e. The second-order valence-corrected chi connectivity index (χ2v) is 9.05. The van der Waals surface area contributed by atoms with Crippen LogP contribution in [0.2, 0.25) is 0 Å². The van der Waals surface area contributed by atoms with Gasteiger partial charge in [0.15, 0.2) is 4.73 Å². The molecule has 3 heterocycles. The van der Waals surface area contributed by atoms with Crippen molar-refractivity contribution in [1.29, 1.82) is 0 Å². The van der Waals surface area contributed by atoms with Crippen LogP contribution in [0, 0.1) is 0 Å². The Hall–Kier alpha value is -2.10. The Morgan fingerprint density at radius 1 is 1.25 bits per heavy atom. The zero-order valence-corrected chi connectivity index (χ0v) is 18.1. The van der Waals surface area contributed by atoms with Gasteiger partial charge >= 0.3 is 6.09 Å². The van der Waals surface area contributed by atoms with Crippen molar-refractivity contribution in [3.63, 3.8) is 0 Å². The van der Waals surface area contributed by atoms with Crippen LogP contribution >= 0.6 is 15.9 Å². The molecule has 152 valence electrons. The van der Waals surface area contributed by atoms with Crippen molar-refractivity contribution in [3.8, 4) is 0 Å². The number of hydrogen-bond donors (Lipinski definition) is 1. The molecule has 1 saturated heterocycles. The number of nitrogens with zero attached hydrogens (tertiary/aromatic N) is 5. The summed E-state index contributed by atoms with van der Waals surface area (Å²) in [6, 6.07) is 0.160. The Balaban J connectivity index is 1.66. The van der Waals surface area contributed by atoms with Gasteiger partial charge in [0.05, 0.1) is 11.7 Å². The molecule has 0 unspecified atom stereocenters. The summed E-state index contributed by atoms with van der Waals surface area (Å²) in [5, 5.41) is 2.89. The highest BCUT2D eigenvalue weighted by Crippen LogP contribution is 2.37. The molecule has 0 bridgehead atoms. The maximum atomic E-state index is 13.2. The molecule has 0 radical (unpaired) electrons. The lowest BCUT2D eigenvalue weighted by atomic mass is 9.81. The van der Waals surface area contributed by atoms with Gasteiger partial charge in [0, 0.05) is 19.1 Å². The lowest BCUT2D eigenvalue weighted by molar-refractivity contribution is -0.00451. The molecular formula is C18H25BrN6O3. The van der Waals surface area contributed by atoms with Crippen LogP contribution in [0.25, 0.3) is 5.78 Å². The first-order chi connectivity index (χ1) is 13.2. The van der Waals surface area contributed by atoms with Crippen molar-refractivity contribution in [2.24, 2.45) is 0 Å². The van der Waals surface area contributed by atoms with Crippen LogP contribution < -0.4 is 10.5 Å². The molecule has 1 N–H and O–H groups in total. The minimum Gasteiger partial charge on any atom is -0.444 e. The Bertz CT molecular complexity index is 978. The van der Waals surface area contributed by atoms with Crippen LogP contribution in [0.4, 0.5) is 10.5 Å². The zero-order chi connectivity index (χ0) is 20.2. The van der Waals surface area contributed by atoms with Gasteiger partial charge in [0.2, 0.25) is 0 Å². The number of ether oxygens (including phenoxy) is 1. The number of carbonyl (C=O) groups is 1. The minimum absolute atomic E-state index is 0.0573. The summed E-state index contributed by atoms with van der Waals surface area (Å²) in [4.78, 5) is 38.5. The molecule has 2 aromatic rings. The van der Waals surface area contributed by atoms with Crippen LogP contribution in [0.5, 0.6) is 0 Å². The van der Waals surface area contributed by atoms with Gasteiger partial charge in [-0.1, -0.05) is 6.92 Å². The van der Waals surface area contributed by atoms with Crippen molar-refractivity contribution in [3.05, 3.63) is 20.8 Å². The lowest BCUT2D eigenvalue weighted by Gasteiger charge is -2.54. The first kappa shape index (κ1) is 19.2. The topological polar surface area (TPSA) is 95.8 Å². The van der Waals surface area contributed by atoms with E-state index in [1.165, 1.54) is 4.52 Å². The summed E-state index contributed by atoms with van der Waals surface area (Å²) in [6.07, 6.45) is 2.20. The molecule has 1 amide bonds. The van der Waals surface area contributed by atoms with Crippen molar-refractivity contribution >= 4 is 33.5 Å². The molecule has 9 nitrogen and oxygen atoms in total. The van der Waals surface area contributed by atoms with E-state index in [0.717, 1.165) is 18.5 Å². The highest BCUT2D eigenvalue weighted by molar-refractivity contribution is 9.10. The average Bonchev–Trinajstić information content (AvgIpc) is 2.94. The zero-order valence-electron chi connectivity index (χ0n) is 16.5.